The smallest absolute Gasteiger partial charge is 0.0775 e. The molecule has 0 N–H and O–H groups in total. The molecule has 0 unspecified atom stereocenters. The number of fused-ring (bicyclic) bond motifs is 14. The molecule has 0 fully saturated rings. The molecule has 3 nitrogen and oxygen atoms in total. The Hall–Kier alpha value is -7.71. The fourth-order valence-corrected chi connectivity index (χ4v) is 14.3. The molecule has 2 heterocycles. The summed E-state index contributed by atoms with van der Waals surface area (Å²) in [5, 5.41) is 7.92. The Labute approximate surface area is 413 Å². The van der Waals surface area contributed by atoms with Crippen molar-refractivity contribution in [2.24, 2.45) is 0 Å². The summed E-state index contributed by atoms with van der Waals surface area (Å²) in [6.45, 7) is 14.6. The second kappa shape index (κ2) is 15.7. The zero-order chi connectivity index (χ0) is 47.5. The molecule has 5 heteroatoms. The number of hydrogen-bond acceptors (Lipinski definition) is 2. The summed E-state index contributed by atoms with van der Waals surface area (Å²) in [7, 11) is -3.09. The van der Waals surface area contributed by atoms with Crippen molar-refractivity contribution in [1.82, 2.24) is 4.57 Å². The van der Waals surface area contributed by atoms with E-state index in [1.807, 2.05) is 0 Å². The van der Waals surface area contributed by atoms with Gasteiger partial charge in [-0.25, -0.2) is 0 Å². The van der Waals surface area contributed by atoms with E-state index in [2.05, 4.69) is 278 Å². The molecule has 11 aromatic rings. The van der Waals surface area contributed by atoms with Gasteiger partial charge in [0.15, 0.2) is 0 Å². The van der Waals surface area contributed by atoms with Crippen molar-refractivity contribution in [3.05, 3.63) is 247 Å². The van der Waals surface area contributed by atoms with E-state index in [1.165, 1.54) is 82.0 Å². The first-order chi connectivity index (χ1) is 34.0. The fourth-order valence-electron chi connectivity index (χ4n) is 12.0. The number of benzene rings is 10. The van der Waals surface area contributed by atoms with Crippen LogP contribution in [0.15, 0.2) is 224 Å². The van der Waals surface area contributed by atoms with E-state index < -0.39 is 21.6 Å². The van der Waals surface area contributed by atoms with Crippen molar-refractivity contribution in [3.8, 4) is 16.8 Å². The molecular weight excluding hydrogens is 879 g/mol. The first-order valence-electron chi connectivity index (χ1n) is 24.8. The highest BCUT2D eigenvalue weighted by Gasteiger charge is 2.52. The van der Waals surface area contributed by atoms with Gasteiger partial charge in [-0.3, -0.25) is 0 Å². The molecule has 1 atom stereocenters. The topological polar surface area (TPSA) is 11.4 Å². The van der Waals surface area contributed by atoms with Gasteiger partial charge in [0.2, 0.25) is 0 Å². The molecule has 0 bridgehead atoms. The predicted octanol–water partition coefficient (Wildman–Crippen LogP) is 16.6. The number of hydrogen-bond donors (Lipinski definition) is 0. The predicted molar refractivity (Wildman–Crippen MR) is 304 cm³/mol. The van der Waals surface area contributed by atoms with Gasteiger partial charge < -0.3 is 14.4 Å². The minimum absolute atomic E-state index is 0.700. The van der Waals surface area contributed by atoms with Crippen LogP contribution in [0.5, 0.6) is 0 Å². The van der Waals surface area contributed by atoms with E-state index in [1.54, 1.807) is 0 Å². The monoisotopic (exact) mass is 933 g/mol. The number of para-hydroxylation sites is 5. The van der Waals surface area contributed by atoms with Gasteiger partial charge in [-0.15, -0.1) is 0 Å². The largest absolute Gasteiger partial charge is 0.310 e. The molecule has 0 saturated heterocycles. The third kappa shape index (κ3) is 6.24. The van der Waals surface area contributed by atoms with Gasteiger partial charge in [-0.1, -0.05) is 195 Å². The maximum atomic E-state index is 2.58. The van der Waals surface area contributed by atoms with Crippen molar-refractivity contribution in [3.63, 3.8) is 0 Å². The lowest BCUT2D eigenvalue weighted by molar-refractivity contribution is 0.749. The summed E-state index contributed by atoms with van der Waals surface area (Å²) in [5.74, 6) is 0. The van der Waals surface area contributed by atoms with Crippen LogP contribution in [0.4, 0.5) is 34.1 Å². The Balaban J connectivity index is 1.17. The van der Waals surface area contributed by atoms with Gasteiger partial charge in [0.1, 0.15) is 0 Å². The molecule has 0 amide bonds. The molecule has 1 aliphatic heterocycles. The van der Waals surface area contributed by atoms with E-state index in [4.69, 9.17) is 0 Å². The number of nitrogens with zero attached hydrogens (tertiary/aromatic N) is 3. The van der Waals surface area contributed by atoms with E-state index in [-0.39, 0.29) is 0 Å². The Kier molecular flexibility index (Phi) is 9.48. The number of anilines is 6. The average molecular weight is 934 g/mol. The summed E-state index contributed by atoms with van der Waals surface area (Å²) in [5.41, 5.74) is 17.6. The van der Waals surface area contributed by atoms with Crippen LogP contribution < -0.4 is 20.2 Å². The Morgan fingerprint density at radius 3 is 1.51 bits per heavy atom. The summed E-state index contributed by atoms with van der Waals surface area (Å²) in [4.78, 5) is 4.97. The Morgan fingerprint density at radius 2 is 0.857 bits per heavy atom. The normalized spacial score (nSPS) is 14.8. The van der Waals surface area contributed by atoms with Crippen molar-refractivity contribution in [1.29, 1.82) is 0 Å². The summed E-state index contributed by atoms with van der Waals surface area (Å²) >= 11 is 0. The zero-order valence-electron chi connectivity index (χ0n) is 40.7. The number of rotatable bonds is 8. The number of aromatic nitrogens is 1. The molecule has 10 aromatic carbocycles. The van der Waals surface area contributed by atoms with E-state index in [0.717, 1.165) is 34.1 Å². The second-order valence-electron chi connectivity index (χ2n) is 21.4. The molecule has 2 aliphatic rings. The van der Waals surface area contributed by atoms with E-state index >= 15 is 0 Å². The average Bonchev–Trinajstić information content (AvgIpc) is 3.88. The Morgan fingerprint density at radius 1 is 0.357 bits per heavy atom. The van der Waals surface area contributed by atoms with Crippen LogP contribution in [0.1, 0.15) is 22.3 Å². The molecule has 1 spiro atoms. The fraction of sp³-hybridized carbons (Fsp3) is 0.108. The molecule has 338 valence electrons. The lowest BCUT2D eigenvalue weighted by Crippen LogP contribution is -2.37. The maximum Gasteiger partial charge on any atom is 0.0775 e. The molecule has 70 heavy (non-hydrogen) atoms. The lowest BCUT2D eigenvalue weighted by Gasteiger charge is -2.40. The van der Waals surface area contributed by atoms with Crippen LogP contribution in [0.3, 0.4) is 0 Å². The molecule has 1 aliphatic carbocycles. The van der Waals surface area contributed by atoms with Gasteiger partial charge in [0.05, 0.1) is 44.0 Å². The molecule has 0 radical (unpaired) electrons. The van der Waals surface area contributed by atoms with Gasteiger partial charge in [0, 0.05) is 44.6 Å². The standard InChI is InChI=1S/C65H55N3Si2/c1-69(2,3)49-37-32-46(33-38-49)66(44-20-9-7-10-21-44)48-36-41-55-58(42-48)65(56-28-16-18-31-61(56)68-60-30-17-15-25-52(60)54-27-19-29-57(65)64(54)68)59-43-62(51-24-13-14-26-53(51)63(55)59)67(45-22-11-8-12-23-45)47-34-39-50(40-35-47)70(4,5)6/h7-43H,1-6H3/t65-/m0/s1. The highest BCUT2D eigenvalue weighted by atomic mass is 28.3. The quantitative estimate of drug-likeness (QED) is 0.141. The summed E-state index contributed by atoms with van der Waals surface area (Å²) in [6, 6.07) is 85.1. The minimum Gasteiger partial charge on any atom is -0.310 e. The first-order valence-corrected chi connectivity index (χ1v) is 31.8. The van der Waals surface area contributed by atoms with E-state index in [0.29, 0.717) is 0 Å². The van der Waals surface area contributed by atoms with Crippen LogP contribution >= 0.6 is 0 Å². The highest BCUT2D eigenvalue weighted by molar-refractivity contribution is 6.89. The lowest BCUT2D eigenvalue weighted by atomic mass is 9.65. The van der Waals surface area contributed by atoms with Crippen LogP contribution in [0.25, 0.3) is 49.4 Å². The third-order valence-corrected chi connectivity index (χ3v) is 19.4. The van der Waals surface area contributed by atoms with Crippen molar-refractivity contribution in [2.75, 3.05) is 9.80 Å². The van der Waals surface area contributed by atoms with Gasteiger partial charge in [0.25, 0.3) is 0 Å². The molecule has 0 saturated carbocycles. The van der Waals surface area contributed by atoms with E-state index in [9.17, 15) is 0 Å². The van der Waals surface area contributed by atoms with Gasteiger partial charge in [-0.2, -0.15) is 0 Å². The molecule has 1 aromatic heterocycles. The summed E-state index contributed by atoms with van der Waals surface area (Å²) in [6.07, 6.45) is 0. The van der Waals surface area contributed by atoms with Crippen LogP contribution in [-0.2, 0) is 5.41 Å². The minimum atomic E-state index is -1.56. The maximum absolute atomic E-state index is 2.58. The van der Waals surface area contributed by atoms with Gasteiger partial charge in [-0.05, 0) is 118 Å². The van der Waals surface area contributed by atoms with Crippen LogP contribution in [-0.4, -0.2) is 20.7 Å². The van der Waals surface area contributed by atoms with Gasteiger partial charge >= 0.3 is 0 Å². The molecule has 13 rings (SSSR count). The SMILES string of the molecule is C[Si](C)(C)c1ccc(N(c2ccccc2)c2ccc3c(c2)[C@@]2(c4ccccc4-n4c5ccccc5c5cccc2c54)c2cc(N(c4ccccc4)c4ccc([Si](C)(C)C)cc4)c4ccccc4c2-3)cc1. The van der Waals surface area contributed by atoms with Crippen molar-refractivity contribution < 1.29 is 0 Å². The van der Waals surface area contributed by atoms with Crippen molar-refractivity contribution in [2.45, 2.75) is 44.7 Å². The van der Waals surface area contributed by atoms with Crippen molar-refractivity contribution >= 4 is 93.2 Å². The zero-order valence-corrected chi connectivity index (χ0v) is 42.7. The Bertz CT molecular complexity index is 3840. The second-order valence-corrected chi connectivity index (χ2v) is 31.5. The first kappa shape index (κ1) is 42.4. The van der Waals surface area contributed by atoms with Crippen LogP contribution in [0, 0.1) is 0 Å². The third-order valence-electron chi connectivity index (χ3n) is 15.3. The highest BCUT2D eigenvalue weighted by Crippen LogP contribution is 2.64. The van der Waals surface area contributed by atoms with Crippen LogP contribution in [0.2, 0.25) is 39.3 Å². The summed E-state index contributed by atoms with van der Waals surface area (Å²) < 4.78 is 2.55. The molecular formula is C65H55N3Si2.